The Morgan fingerprint density at radius 2 is 0.500 bits per heavy atom. The van der Waals surface area contributed by atoms with Crippen molar-refractivity contribution >= 4 is 102 Å². The first-order chi connectivity index (χ1) is 72.2. The van der Waals surface area contributed by atoms with Crippen molar-refractivity contribution in [3.05, 3.63) is 312 Å². The Kier molecular flexibility index (Phi) is 28.0. The lowest BCUT2D eigenvalue weighted by Gasteiger charge is -2.38. The van der Waals surface area contributed by atoms with Gasteiger partial charge >= 0.3 is 0 Å². The number of ether oxygens (including phenoxy) is 12. The molecule has 0 aromatic heterocycles. The first-order valence-corrected chi connectivity index (χ1v) is 49.2. The molecule has 4 fully saturated rings. The van der Waals surface area contributed by atoms with Gasteiger partial charge in [0.25, 0.3) is 23.6 Å². The molecule has 0 radical (unpaired) electrons. The fourth-order valence-electron chi connectivity index (χ4n) is 19.4. The van der Waals surface area contributed by atoms with E-state index in [2.05, 4.69) is 21.3 Å². The summed E-state index contributed by atoms with van der Waals surface area (Å²) in [5.74, 6) is -4.65. The second-order valence-corrected chi connectivity index (χ2v) is 37.2. The highest BCUT2D eigenvalue weighted by molar-refractivity contribution is 6.45. The molecule has 15 aromatic rings. The Bertz CT molecular complexity index is 6890. The van der Waals surface area contributed by atoms with Gasteiger partial charge in [0.1, 0.15) is 81.1 Å². The average Bonchev–Trinajstić information content (AvgIpc) is 1.24. The summed E-state index contributed by atoms with van der Waals surface area (Å²) < 4.78 is 75.7. The van der Waals surface area contributed by atoms with Gasteiger partial charge in [0.2, 0.25) is 35.4 Å². The molecule has 6 atom stereocenters. The number of hydrogen-bond donors (Lipinski definition) is 4. The van der Waals surface area contributed by atoms with Gasteiger partial charge in [-0.3, -0.25) is 57.7 Å². The number of nitrogens with zero attached hydrogens (tertiary/aromatic N) is 4. The molecule has 21 rings (SSSR count). The van der Waals surface area contributed by atoms with Crippen LogP contribution in [0.25, 0.3) is 87.6 Å². The lowest BCUT2D eigenvalue weighted by Crippen LogP contribution is -2.56. The molecule has 4 N–H and O–H groups in total. The van der Waals surface area contributed by atoms with Gasteiger partial charge in [-0.1, -0.05) is 158 Å². The van der Waals surface area contributed by atoms with Gasteiger partial charge in [0.15, 0.2) is 0 Å². The standard InChI is InChI=1S/C118H104N8O22/c1-137-79-31-11-23-71(49-79)75-27-15-35-83(53-75)145-97-57-91-105-92(114(132)125(113(91)131)95(47-69-19-7-5-8-20-69)117(135)123(43-39-101(127)119-61-87-65-141-87)44-40-102(128)120-62-88-66-142-88)59-99(147-85-37-17-29-77(55-85)73-25-13-33-81(51-73)139-3)109-110-100(148-86-38-18-30-78(56-86)74-26-14-34-82(52-74)140-4)60-94-106-93(58-98(108(112(106)110)107(97)111(105)109)146-84-36-16-28-76(54-84)72-24-12-32-80(50-72)138-2)115(133)126(116(94)134)96(48-70-21-9-6-10-22-70)118(136)124(45-41-103(129)121-63-89-67-143-89)46-42-104(130)122-64-90-68-144-90/h5-38,49-60,87-90,95-96H,39-48,61-68H2,1-4H3,(H,119,127)(H,120,128)(H,121,129)(H,122,130). The Morgan fingerprint density at radius 1 is 0.284 bits per heavy atom. The number of hydrogen-bond acceptors (Lipinski definition) is 22. The second-order valence-electron chi connectivity index (χ2n) is 37.2. The Labute approximate surface area is 851 Å². The molecule has 6 unspecified atom stereocenters. The molecule has 6 heterocycles. The summed E-state index contributed by atoms with van der Waals surface area (Å²) >= 11 is 0. The number of carbonyl (C=O) groups is 10. The fraction of sp³-hybridized carbons (Fsp3) is 0.237. The lowest BCUT2D eigenvalue weighted by molar-refractivity contribution is -0.138. The van der Waals surface area contributed by atoms with Gasteiger partial charge in [-0.2, -0.15) is 0 Å². The topological polar surface area (TPSA) is 356 Å². The smallest absolute Gasteiger partial charge is 0.262 e. The average molecular weight is 1990 g/mol. The third-order valence-corrected chi connectivity index (χ3v) is 27.3. The number of nitrogens with one attached hydrogen (secondary N) is 4. The van der Waals surface area contributed by atoms with Gasteiger partial charge in [0, 0.05) is 134 Å². The SMILES string of the molecule is COc1cccc(-c2cccc(Oc3cc4c5c(cc(Oc6cccc(-c7cccc(OC)c7)c6)c6c7c(Oc8cccc(-c9cccc(OC)c9)c8)cc8c9c(cc(Oc%10cccc(-c%11cccc(OC)c%11)c%10)c(c3c56)c97)C(=O)N(C(Cc3ccccc3)C(=O)N(CCC(=O)NCC3CO3)CCC(=O)NCC3CO3)C8=O)C(=O)N(C(Cc3ccccc3)C(=O)N(CCC(=O)NCC3CO3)CCC(=O)NCC3CO3)C4=O)c2)c1. The van der Waals surface area contributed by atoms with E-state index >= 15 is 28.8 Å². The number of amides is 10. The predicted octanol–water partition coefficient (Wildman–Crippen LogP) is 17.3. The molecule has 0 bridgehead atoms. The van der Waals surface area contributed by atoms with E-state index in [0.29, 0.717) is 105 Å². The minimum Gasteiger partial charge on any atom is -0.497 e. The number of fused-ring (bicyclic) bond motifs is 2. The van der Waals surface area contributed by atoms with E-state index in [0.717, 1.165) is 9.80 Å². The maximum atomic E-state index is 17.7. The predicted molar refractivity (Wildman–Crippen MR) is 553 cm³/mol. The Balaban J connectivity index is 0.859. The van der Waals surface area contributed by atoms with E-state index in [1.54, 1.807) is 162 Å². The van der Waals surface area contributed by atoms with E-state index < -0.39 is 71.2 Å². The number of imide groups is 2. The molecule has 0 saturated carbocycles. The summed E-state index contributed by atoms with van der Waals surface area (Å²) in [7, 11) is 6.27. The van der Waals surface area contributed by atoms with Crippen molar-refractivity contribution < 1.29 is 105 Å². The van der Waals surface area contributed by atoms with Gasteiger partial charge in [-0.05, 0) is 177 Å². The lowest BCUT2D eigenvalue weighted by atomic mass is 9.80. The fourth-order valence-corrected chi connectivity index (χ4v) is 19.4. The van der Waals surface area contributed by atoms with Crippen molar-refractivity contribution in [1.29, 1.82) is 0 Å². The molecule has 0 spiro atoms. The van der Waals surface area contributed by atoms with Crippen molar-refractivity contribution in [3.63, 3.8) is 0 Å². The summed E-state index contributed by atoms with van der Waals surface area (Å²) in [5.41, 5.74) is 5.79. The van der Waals surface area contributed by atoms with Crippen LogP contribution in [0.4, 0.5) is 0 Å². The maximum absolute atomic E-state index is 17.7. The maximum Gasteiger partial charge on any atom is 0.262 e. The highest BCUT2D eigenvalue weighted by Crippen LogP contribution is 2.59. The van der Waals surface area contributed by atoms with Gasteiger partial charge in [-0.15, -0.1) is 0 Å². The highest BCUT2D eigenvalue weighted by atomic mass is 16.6. The molecule has 748 valence electrons. The summed E-state index contributed by atoms with van der Waals surface area (Å²) in [4.78, 5) is 165. The molecular formula is C118H104N8O22. The Hall–Kier alpha value is -17.1. The molecular weight excluding hydrogens is 1880 g/mol. The summed E-state index contributed by atoms with van der Waals surface area (Å²) in [5, 5.41) is 12.2. The number of rotatable bonds is 44. The van der Waals surface area contributed by atoms with Gasteiger partial charge in [0.05, 0.1) is 102 Å². The summed E-state index contributed by atoms with van der Waals surface area (Å²) in [6.45, 7) is 1.59. The quantitative estimate of drug-likeness (QED) is 0.0119. The molecule has 30 nitrogen and oxygen atoms in total. The van der Waals surface area contributed by atoms with Crippen LogP contribution in [-0.4, -0.2) is 222 Å². The van der Waals surface area contributed by atoms with E-state index in [1.807, 2.05) is 121 Å². The van der Waals surface area contributed by atoms with Crippen LogP contribution >= 0.6 is 0 Å². The summed E-state index contributed by atoms with van der Waals surface area (Å²) in [6, 6.07) is 78.9. The largest absolute Gasteiger partial charge is 0.497 e. The van der Waals surface area contributed by atoms with Crippen LogP contribution in [0.5, 0.6) is 69.0 Å². The van der Waals surface area contributed by atoms with Crippen LogP contribution in [0.1, 0.15) is 78.2 Å². The third kappa shape index (κ3) is 21.3. The normalized spacial score (nSPS) is 16.0. The number of methoxy groups -OCH3 is 4. The van der Waals surface area contributed by atoms with Crippen molar-refractivity contribution in [2.45, 2.75) is 75.0 Å². The van der Waals surface area contributed by atoms with Crippen molar-refractivity contribution in [2.75, 3.05) is 107 Å². The Morgan fingerprint density at radius 3 is 0.716 bits per heavy atom. The molecule has 6 aliphatic rings. The number of carbonyl (C=O) groups excluding carboxylic acids is 10. The monoisotopic (exact) mass is 1980 g/mol. The molecule has 10 amide bonds. The van der Waals surface area contributed by atoms with Crippen LogP contribution in [0, 0.1) is 0 Å². The third-order valence-electron chi connectivity index (χ3n) is 27.3. The molecule has 6 aliphatic heterocycles. The van der Waals surface area contributed by atoms with Crippen LogP contribution in [-0.2, 0) is 60.6 Å². The van der Waals surface area contributed by atoms with Crippen LogP contribution in [0.3, 0.4) is 0 Å². The first kappa shape index (κ1) is 97.0. The zero-order valence-electron chi connectivity index (χ0n) is 81.5. The summed E-state index contributed by atoms with van der Waals surface area (Å²) in [6.07, 6.45) is -2.37. The van der Waals surface area contributed by atoms with Crippen LogP contribution in [0.15, 0.2) is 279 Å². The first-order valence-electron chi connectivity index (χ1n) is 49.2. The van der Waals surface area contributed by atoms with Crippen molar-refractivity contribution in [2.24, 2.45) is 0 Å². The van der Waals surface area contributed by atoms with Crippen LogP contribution in [0.2, 0.25) is 0 Å². The van der Waals surface area contributed by atoms with Gasteiger partial charge in [-0.25, -0.2) is 0 Å². The highest BCUT2D eigenvalue weighted by Gasteiger charge is 2.49. The van der Waals surface area contributed by atoms with E-state index in [1.165, 1.54) is 34.1 Å². The zero-order chi connectivity index (χ0) is 102. The molecule has 30 heteroatoms. The molecule has 4 saturated heterocycles. The minimum atomic E-state index is -1.74. The number of epoxide rings is 4. The van der Waals surface area contributed by atoms with Gasteiger partial charge < -0.3 is 87.9 Å². The molecule has 148 heavy (non-hydrogen) atoms. The van der Waals surface area contributed by atoms with Crippen molar-refractivity contribution in [1.82, 2.24) is 40.9 Å². The van der Waals surface area contributed by atoms with Crippen LogP contribution < -0.4 is 59.2 Å². The molecule has 0 aliphatic carbocycles. The minimum absolute atomic E-state index is 0.00608. The van der Waals surface area contributed by atoms with E-state index in [4.69, 9.17) is 56.8 Å². The van der Waals surface area contributed by atoms with Crippen molar-refractivity contribution in [3.8, 4) is 114 Å². The number of benzene rings is 15. The second kappa shape index (κ2) is 42.7. The zero-order valence-corrected chi connectivity index (χ0v) is 81.5. The van der Waals surface area contributed by atoms with E-state index in [9.17, 15) is 19.2 Å². The van der Waals surface area contributed by atoms with E-state index in [-0.39, 0.29) is 227 Å². The molecule has 15 aromatic carbocycles.